The molecule has 0 aliphatic carbocycles. The van der Waals surface area contributed by atoms with Gasteiger partial charge >= 0.3 is 7.60 Å². The zero-order valence-electron chi connectivity index (χ0n) is 4.24. The number of hydrogen-bond donors (Lipinski definition) is 3. The van der Waals surface area contributed by atoms with Crippen LogP contribution < -0.4 is 0 Å². The molecule has 0 saturated heterocycles. The molecule has 0 aliphatic heterocycles. The smallest absolute Gasteiger partial charge is 0.324 e. The number of rotatable bonds is 3. The molecule has 0 atom stereocenters. The van der Waals surface area contributed by atoms with Crippen LogP contribution in [0.25, 0.3) is 0 Å². The fourth-order valence-corrected chi connectivity index (χ4v) is 0.698. The molecule has 0 amide bonds. The number of hydrogen-bond acceptors (Lipinski definition) is 2. The van der Waals surface area contributed by atoms with Gasteiger partial charge in [-0.25, -0.2) is 0 Å². The van der Waals surface area contributed by atoms with Gasteiger partial charge in [0.1, 0.15) is 0 Å². The van der Waals surface area contributed by atoms with E-state index in [9.17, 15) is 4.57 Å². The molecule has 8 heavy (non-hydrogen) atoms. The van der Waals surface area contributed by atoms with Crippen LogP contribution in [0.4, 0.5) is 0 Å². The summed E-state index contributed by atoms with van der Waals surface area (Å²) in [5.41, 5.74) is 0. The molecule has 0 spiro atoms. The van der Waals surface area contributed by atoms with Crippen molar-refractivity contribution in [2.75, 3.05) is 6.16 Å². The zero-order valence-corrected chi connectivity index (χ0v) is 5.14. The quantitative estimate of drug-likeness (QED) is 0.384. The predicted octanol–water partition coefficient (Wildman–Crippen LogP) is 0.204. The molecule has 0 aromatic carbocycles. The van der Waals surface area contributed by atoms with Gasteiger partial charge in [0.2, 0.25) is 0 Å². The first-order valence-electron chi connectivity index (χ1n) is 2.10. The Hall–Kier alpha value is -0.180. The maximum Gasteiger partial charge on any atom is 0.325 e. The van der Waals surface area contributed by atoms with Gasteiger partial charge in [-0.05, 0) is 12.6 Å². The number of nitrogens with one attached hydrogen (secondary N) is 1. The summed E-state index contributed by atoms with van der Waals surface area (Å²) in [5, 5.41) is 6.41. The molecular weight excluding hydrogens is 129 g/mol. The average Bonchev–Trinajstić information content (AvgIpc) is 1.59. The highest BCUT2D eigenvalue weighted by molar-refractivity contribution is 7.51. The van der Waals surface area contributed by atoms with Crippen molar-refractivity contribution in [2.45, 2.75) is 6.42 Å². The summed E-state index contributed by atoms with van der Waals surface area (Å²) in [4.78, 5) is 16.3. The van der Waals surface area contributed by atoms with E-state index >= 15 is 0 Å². The van der Waals surface area contributed by atoms with Crippen LogP contribution in [0.2, 0.25) is 0 Å². The van der Waals surface area contributed by atoms with Crippen molar-refractivity contribution in [1.82, 2.24) is 0 Å². The lowest BCUT2D eigenvalue weighted by Crippen LogP contribution is -1.86. The highest BCUT2D eigenvalue weighted by Crippen LogP contribution is 2.34. The van der Waals surface area contributed by atoms with E-state index in [1.807, 2.05) is 0 Å². The lowest BCUT2D eigenvalue weighted by atomic mass is 10.5. The zero-order chi connectivity index (χ0) is 6.62. The van der Waals surface area contributed by atoms with Crippen molar-refractivity contribution in [2.24, 2.45) is 0 Å². The Morgan fingerprint density at radius 2 is 2.12 bits per heavy atom. The van der Waals surface area contributed by atoms with E-state index in [1.165, 1.54) is 0 Å². The molecule has 0 heterocycles. The Balaban J connectivity index is 3.40. The molecule has 4 nitrogen and oxygen atoms in total. The Morgan fingerprint density at radius 1 is 1.62 bits per heavy atom. The van der Waals surface area contributed by atoms with Gasteiger partial charge in [-0.2, -0.15) is 0 Å². The molecule has 0 rings (SSSR count). The van der Waals surface area contributed by atoms with Gasteiger partial charge < -0.3 is 15.2 Å². The van der Waals surface area contributed by atoms with Crippen molar-refractivity contribution in [3.05, 3.63) is 0 Å². The molecule has 0 bridgehead atoms. The Morgan fingerprint density at radius 3 is 2.25 bits per heavy atom. The van der Waals surface area contributed by atoms with Gasteiger partial charge in [-0.3, -0.25) is 4.57 Å². The molecule has 0 unspecified atom stereocenters. The lowest BCUT2D eigenvalue weighted by molar-refractivity contribution is 0.374. The summed E-state index contributed by atoms with van der Waals surface area (Å²) in [6.07, 6.45) is 0.930. The van der Waals surface area contributed by atoms with E-state index in [4.69, 9.17) is 15.2 Å². The molecule has 0 aliphatic rings. The van der Waals surface area contributed by atoms with Gasteiger partial charge in [0.15, 0.2) is 0 Å². The molecule has 0 saturated carbocycles. The molecule has 3 N–H and O–H groups in total. The largest absolute Gasteiger partial charge is 0.325 e. The average molecular weight is 137 g/mol. The molecule has 5 heteroatoms. The summed E-state index contributed by atoms with van der Waals surface area (Å²) in [6, 6.07) is 0. The van der Waals surface area contributed by atoms with E-state index in [-0.39, 0.29) is 12.6 Å². The van der Waals surface area contributed by atoms with Gasteiger partial charge in [-0.15, -0.1) is 0 Å². The first kappa shape index (κ1) is 7.82. The topological polar surface area (TPSA) is 81.4 Å². The van der Waals surface area contributed by atoms with Crippen LogP contribution in [-0.2, 0) is 4.57 Å². The molecule has 0 fully saturated rings. The standard InChI is InChI=1S/C3H8NO3P/c4-2-1-3-8(5,6)7/h2,4H,1,3H2,(H2,5,6,7). The molecule has 0 radical (unpaired) electrons. The third-order valence-electron chi connectivity index (χ3n) is 0.565. The van der Waals surface area contributed by atoms with Crippen LogP contribution in [-0.4, -0.2) is 22.2 Å². The second-order valence-electron chi connectivity index (χ2n) is 1.38. The monoisotopic (exact) mass is 137 g/mol. The van der Waals surface area contributed by atoms with Gasteiger partial charge in [-0.1, -0.05) is 0 Å². The van der Waals surface area contributed by atoms with Crippen LogP contribution in [0, 0.1) is 5.41 Å². The maximum absolute atomic E-state index is 9.98. The first-order valence-corrected chi connectivity index (χ1v) is 3.89. The van der Waals surface area contributed by atoms with Gasteiger partial charge in [0.05, 0.1) is 6.16 Å². The minimum atomic E-state index is -3.83. The van der Waals surface area contributed by atoms with E-state index in [0.717, 1.165) is 6.21 Å². The Kier molecular flexibility index (Phi) is 2.90. The van der Waals surface area contributed by atoms with Crippen molar-refractivity contribution in [3.63, 3.8) is 0 Å². The summed E-state index contributed by atoms with van der Waals surface area (Å²) < 4.78 is 9.98. The van der Waals surface area contributed by atoms with E-state index in [0.29, 0.717) is 0 Å². The van der Waals surface area contributed by atoms with Crippen LogP contribution in [0.1, 0.15) is 6.42 Å². The molecule has 0 aromatic rings. The summed E-state index contributed by atoms with van der Waals surface area (Å²) >= 11 is 0. The Labute approximate surface area is 47.2 Å². The molecule has 0 aromatic heterocycles. The van der Waals surface area contributed by atoms with E-state index < -0.39 is 7.60 Å². The second-order valence-corrected chi connectivity index (χ2v) is 3.16. The fourth-order valence-electron chi connectivity index (χ4n) is 0.233. The second kappa shape index (κ2) is 2.97. The molecule has 48 valence electrons. The lowest BCUT2D eigenvalue weighted by Gasteiger charge is -1.96. The highest BCUT2D eigenvalue weighted by atomic mass is 31.2. The van der Waals surface area contributed by atoms with E-state index in [1.54, 1.807) is 0 Å². The van der Waals surface area contributed by atoms with Crippen molar-refractivity contribution < 1.29 is 14.4 Å². The predicted molar refractivity (Wildman–Crippen MR) is 30.3 cm³/mol. The van der Waals surface area contributed by atoms with Crippen molar-refractivity contribution in [3.8, 4) is 0 Å². The first-order chi connectivity index (χ1) is 3.56. The normalized spacial score (nSPS) is 11.2. The van der Waals surface area contributed by atoms with Crippen LogP contribution in [0.15, 0.2) is 0 Å². The van der Waals surface area contributed by atoms with Crippen LogP contribution in [0.3, 0.4) is 0 Å². The third-order valence-corrected chi connectivity index (χ3v) is 1.41. The van der Waals surface area contributed by atoms with E-state index in [2.05, 4.69) is 0 Å². The summed E-state index contributed by atoms with van der Waals surface area (Å²) in [5.74, 6) is 0. The minimum Gasteiger partial charge on any atom is -0.324 e. The van der Waals surface area contributed by atoms with Crippen LogP contribution >= 0.6 is 7.60 Å². The van der Waals surface area contributed by atoms with Crippen molar-refractivity contribution >= 4 is 13.8 Å². The summed E-state index contributed by atoms with van der Waals surface area (Å²) in [6.45, 7) is 0. The Bertz CT molecular complexity index is 118. The van der Waals surface area contributed by atoms with Gasteiger partial charge in [0, 0.05) is 0 Å². The molecular formula is C3H8NO3P. The fraction of sp³-hybridized carbons (Fsp3) is 0.667. The van der Waals surface area contributed by atoms with Crippen molar-refractivity contribution in [1.29, 1.82) is 5.41 Å². The maximum atomic E-state index is 9.98. The van der Waals surface area contributed by atoms with Crippen LogP contribution in [0.5, 0.6) is 0 Å². The SMILES string of the molecule is N=CCCP(=O)(O)O. The third kappa shape index (κ3) is 5.82. The summed E-state index contributed by atoms with van der Waals surface area (Å²) in [7, 11) is -3.83. The van der Waals surface area contributed by atoms with Gasteiger partial charge in [0.25, 0.3) is 0 Å². The highest BCUT2D eigenvalue weighted by Gasteiger charge is 2.09. The minimum absolute atomic E-state index is 0.157.